The lowest BCUT2D eigenvalue weighted by Gasteiger charge is -2.13. The van der Waals surface area contributed by atoms with Crippen molar-refractivity contribution in [3.8, 4) is 23.0 Å². The second kappa shape index (κ2) is 8.85. The minimum atomic E-state index is 0.515. The van der Waals surface area contributed by atoms with Crippen molar-refractivity contribution in [2.45, 2.75) is 9.79 Å². The third-order valence-electron chi connectivity index (χ3n) is 3.10. The molecule has 8 heteroatoms. The number of methoxy groups -OCH3 is 4. The van der Waals surface area contributed by atoms with Crippen molar-refractivity contribution >= 4 is 44.8 Å². The molecule has 0 aliphatic heterocycles. The van der Waals surface area contributed by atoms with E-state index in [9.17, 15) is 0 Å². The molecular formula is C16H16Cl2O4S2. The van der Waals surface area contributed by atoms with Gasteiger partial charge in [-0.3, -0.25) is 0 Å². The summed E-state index contributed by atoms with van der Waals surface area (Å²) in [5.74, 6) is 2.47. The van der Waals surface area contributed by atoms with Crippen LogP contribution in [0.15, 0.2) is 34.1 Å². The molecule has 0 aliphatic rings. The summed E-state index contributed by atoms with van der Waals surface area (Å²) in [6.07, 6.45) is 0. The zero-order chi connectivity index (χ0) is 17.7. The Morgan fingerprint density at radius 2 is 0.917 bits per heavy atom. The minimum Gasteiger partial charge on any atom is -0.495 e. The van der Waals surface area contributed by atoms with E-state index in [0.29, 0.717) is 33.0 Å². The molecule has 0 aliphatic carbocycles. The van der Waals surface area contributed by atoms with Crippen LogP contribution in [0, 0.1) is 0 Å². The third kappa shape index (κ3) is 4.30. The summed E-state index contributed by atoms with van der Waals surface area (Å²) in [7, 11) is 9.29. The molecule has 24 heavy (non-hydrogen) atoms. The van der Waals surface area contributed by atoms with Crippen molar-refractivity contribution in [2.75, 3.05) is 28.4 Å². The Hall–Kier alpha value is -1.08. The number of hydrogen-bond acceptors (Lipinski definition) is 6. The fourth-order valence-corrected chi connectivity index (χ4v) is 4.78. The molecular weight excluding hydrogens is 391 g/mol. The summed E-state index contributed by atoms with van der Waals surface area (Å²) in [6, 6.07) is 7.11. The van der Waals surface area contributed by atoms with Gasteiger partial charge in [0.05, 0.1) is 48.3 Å². The second-order valence-corrected chi connectivity index (χ2v) is 7.47. The van der Waals surface area contributed by atoms with Gasteiger partial charge in [-0.25, -0.2) is 0 Å². The lowest BCUT2D eigenvalue weighted by Crippen LogP contribution is -1.91. The number of rotatable bonds is 7. The van der Waals surface area contributed by atoms with Gasteiger partial charge in [-0.15, -0.1) is 0 Å². The molecule has 0 aromatic heterocycles. The zero-order valence-electron chi connectivity index (χ0n) is 13.5. The van der Waals surface area contributed by atoms with Gasteiger partial charge in [-0.2, -0.15) is 0 Å². The number of halogens is 2. The van der Waals surface area contributed by atoms with Crippen LogP contribution in [0.2, 0.25) is 10.0 Å². The Morgan fingerprint density at radius 3 is 1.21 bits per heavy atom. The molecule has 0 heterocycles. The van der Waals surface area contributed by atoms with Crippen LogP contribution in [0.4, 0.5) is 0 Å². The van der Waals surface area contributed by atoms with Crippen molar-refractivity contribution in [1.82, 2.24) is 0 Å². The molecule has 2 aromatic carbocycles. The van der Waals surface area contributed by atoms with Crippen molar-refractivity contribution in [2.24, 2.45) is 0 Å². The Kier molecular flexibility index (Phi) is 7.10. The van der Waals surface area contributed by atoms with Gasteiger partial charge in [0.15, 0.2) is 0 Å². The van der Waals surface area contributed by atoms with E-state index in [1.165, 1.54) is 21.6 Å². The highest BCUT2D eigenvalue weighted by Gasteiger charge is 2.15. The largest absolute Gasteiger partial charge is 0.495 e. The summed E-state index contributed by atoms with van der Waals surface area (Å²) < 4.78 is 21.2. The van der Waals surface area contributed by atoms with E-state index in [1.807, 2.05) is 0 Å². The SMILES string of the molecule is COc1cc(OC)c(SSc2cc(Cl)c(OC)cc2OC)cc1Cl. The first-order chi connectivity index (χ1) is 11.5. The molecule has 0 spiro atoms. The van der Waals surface area contributed by atoms with Crippen LogP contribution < -0.4 is 18.9 Å². The van der Waals surface area contributed by atoms with Crippen LogP contribution in [-0.4, -0.2) is 28.4 Å². The Morgan fingerprint density at radius 1 is 0.583 bits per heavy atom. The fraction of sp³-hybridized carbons (Fsp3) is 0.250. The normalized spacial score (nSPS) is 10.4. The molecule has 0 fully saturated rings. The molecule has 0 radical (unpaired) electrons. The maximum atomic E-state index is 6.20. The van der Waals surface area contributed by atoms with Gasteiger partial charge in [0, 0.05) is 12.1 Å². The van der Waals surface area contributed by atoms with Crippen molar-refractivity contribution in [3.05, 3.63) is 34.3 Å². The van der Waals surface area contributed by atoms with E-state index in [4.69, 9.17) is 42.1 Å². The van der Waals surface area contributed by atoms with Gasteiger partial charge in [0.1, 0.15) is 23.0 Å². The lowest BCUT2D eigenvalue weighted by molar-refractivity contribution is 0.387. The van der Waals surface area contributed by atoms with Gasteiger partial charge >= 0.3 is 0 Å². The molecule has 0 bridgehead atoms. The van der Waals surface area contributed by atoms with Gasteiger partial charge in [-0.05, 0) is 33.7 Å². The van der Waals surface area contributed by atoms with Crippen LogP contribution in [0.3, 0.4) is 0 Å². The molecule has 130 valence electrons. The molecule has 4 nitrogen and oxygen atoms in total. The van der Waals surface area contributed by atoms with Crippen LogP contribution in [0.25, 0.3) is 0 Å². The predicted octanol–water partition coefficient (Wildman–Crippen LogP) is 5.83. The van der Waals surface area contributed by atoms with Crippen LogP contribution in [-0.2, 0) is 0 Å². The summed E-state index contributed by atoms with van der Waals surface area (Å²) >= 11 is 12.4. The van der Waals surface area contributed by atoms with E-state index in [2.05, 4.69) is 0 Å². The second-order valence-electron chi connectivity index (χ2n) is 4.44. The summed E-state index contributed by atoms with van der Waals surface area (Å²) in [6.45, 7) is 0. The van der Waals surface area contributed by atoms with E-state index in [0.717, 1.165) is 9.79 Å². The maximum absolute atomic E-state index is 6.20. The van der Waals surface area contributed by atoms with E-state index >= 15 is 0 Å². The Labute approximate surface area is 159 Å². The van der Waals surface area contributed by atoms with Gasteiger partial charge in [0.25, 0.3) is 0 Å². The Bertz CT molecular complexity index is 664. The average molecular weight is 407 g/mol. The summed E-state index contributed by atoms with van der Waals surface area (Å²) in [5, 5.41) is 1.03. The van der Waals surface area contributed by atoms with Gasteiger partial charge < -0.3 is 18.9 Å². The van der Waals surface area contributed by atoms with E-state index in [-0.39, 0.29) is 0 Å². The number of hydrogen-bond donors (Lipinski definition) is 0. The van der Waals surface area contributed by atoms with Crippen LogP contribution in [0.5, 0.6) is 23.0 Å². The highest BCUT2D eigenvalue weighted by Crippen LogP contribution is 2.49. The summed E-state index contributed by atoms with van der Waals surface area (Å²) in [4.78, 5) is 1.73. The highest BCUT2D eigenvalue weighted by molar-refractivity contribution is 8.76. The quantitative estimate of drug-likeness (QED) is 0.538. The molecule has 2 rings (SSSR count). The molecule has 0 unspecified atom stereocenters. The molecule has 0 atom stereocenters. The summed E-state index contributed by atoms with van der Waals surface area (Å²) in [5.41, 5.74) is 0. The Balaban J connectivity index is 2.28. The molecule has 0 saturated carbocycles. The van der Waals surface area contributed by atoms with Gasteiger partial charge in [-0.1, -0.05) is 23.2 Å². The standard InChI is InChI=1S/C16H16Cl2O4S2/c1-19-11-7-13(21-3)15(5-9(11)17)23-24-16-6-10(18)12(20-2)8-14(16)22-4/h5-8H,1-4H3. The molecule has 0 amide bonds. The van der Waals surface area contributed by atoms with Gasteiger partial charge in [0.2, 0.25) is 0 Å². The minimum absolute atomic E-state index is 0.515. The zero-order valence-corrected chi connectivity index (χ0v) is 16.7. The van der Waals surface area contributed by atoms with E-state index in [1.54, 1.807) is 52.7 Å². The fourth-order valence-electron chi connectivity index (χ4n) is 1.88. The molecule has 0 N–H and O–H groups in total. The maximum Gasteiger partial charge on any atom is 0.141 e. The lowest BCUT2D eigenvalue weighted by atomic mass is 10.3. The highest BCUT2D eigenvalue weighted by atomic mass is 35.5. The van der Waals surface area contributed by atoms with E-state index < -0.39 is 0 Å². The van der Waals surface area contributed by atoms with Crippen LogP contribution in [0.1, 0.15) is 0 Å². The predicted molar refractivity (Wildman–Crippen MR) is 101 cm³/mol. The number of ether oxygens (including phenoxy) is 4. The van der Waals surface area contributed by atoms with Crippen LogP contribution >= 0.6 is 44.8 Å². The molecule has 2 aromatic rings. The number of benzene rings is 2. The van der Waals surface area contributed by atoms with Crippen molar-refractivity contribution in [1.29, 1.82) is 0 Å². The first-order valence-electron chi connectivity index (χ1n) is 6.71. The van der Waals surface area contributed by atoms with Crippen molar-refractivity contribution in [3.63, 3.8) is 0 Å². The first-order valence-corrected chi connectivity index (χ1v) is 9.62. The molecule has 0 saturated heterocycles. The average Bonchev–Trinajstić information content (AvgIpc) is 2.60. The smallest absolute Gasteiger partial charge is 0.141 e. The topological polar surface area (TPSA) is 36.9 Å². The third-order valence-corrected chi connectivity index (χ3v) is 6.10. The monoisotopic (exact) mass is 406 g/mol. The first kappa shape index (κ1) is 19.2. The van der Waals surface area contributed by atoms with Crippen molar-refractivity contribution < 1.29 is 18.9 Å².